The van der Waals surface area contributed by atoms with Crippen LogP contribution in [0.2, 0.25) is 0 Å². The third-order valence-electron chi connectivity index (χ3n) is 3.84. The lowest BCUT2D eigenvalue weighted by molar-refractivity contribution is -0.138. The van der Waals surface area contributed by atoms with Crippen LogP contribution in [0.1, 0.15) is 30.2 Å². The highest BCUT2D eigenvalue weighted by Gasteiger charge is 2.33. The van der Waals surface area contributed by atoms with Crippen LogP contribution < -0.4 is 0 Å². The molecule has 0 radical (unpaired) electrons. The van der Waals surface area contributed by atoms with E-state index in [0.717, 1.165) is 6.42 Å². The average molecular weight is 312 g/mol. The van der Waals surface area contributed by atoms with Crippen LogP contribution in [-0.2, 0) is 20.7 Å². The van der Waals surface area contributed by atoms with Crippen LogP contribution in [0, 0.1) is 6.92 Å². The fourth-order valence-electron chi connectivity index (χ4n) is 2.71. The van der Waals surface area contributed by atoms with Crippen LogP contribution in [-0.4, -0.2) is 18.7 Å². The summed E-state index contributed by atoms with van der Waals surface area (Å²) in [5.41, 5.74) is 2.96. The lowest BCUT2D eigenvalue weighted by atomic mass is 10.0. The minimum Gasteiger partial charge on any atom is -0.485 e. The van der Waals surface area contributed by atoms with Gasteiger partial charge in [-0.3, -0.25) is 0 Å². The van der Waals surface area contributed by atoms with Crippen molar-refractivity contribution in [3.8, 4) is 0 Å². The minimum atomic E-state index is -0.328. The molecule has 0 fully saturated rings. The fourth-order valence-corrected chi connectivity index (χ4v) is 2.71. The summed E-state index contributed by atoms with van der Waals surface area (Å²) in [6.07, 6.45) is 2.76. The quantitative estimate of drug-likeness (QED) is 0.786. The summed E-state index contributed by atoms with van der Waals surface area (Å²) in [6, 6.07) is 11.9. The molecule has 4 nitrogen and oxygen atoms in total. The second-order valence-electron chi connectivity index (χ2n) is 5.64. The summed E-state index contributed by atoms with van der Waals surface area (Å²) in [5.74, 6) is 0.746. The summed E-state index contributed by atoms with van der Waals surface area (Å²) in [6.45, 7) is 4.20. The van der Waals surface area contributed by atoms with Crippen molar-refractivity contribution >= 4 is 11.7 Å². The summed E-state index contributed by atoms with van der Waals surface area (Å²) in [5, 5.41) is 0. The molecule has 0 bridgehead atoms. The van der Waals surface area contributed by atoms with Crippen LogP contribution >= 0.6 is 0 Å². The predicted octanol–water partition coefficient (Wildman–Crippen LogP) is 3.89. The molecule has 23 heavy (non-hydrogen) atoms. The first kappa shape index (κ1) is 15.4. The van der Waals surface area contributed by atoms with Gasteiger partial charge in [0.1, 0.15) is 6.10 Å². The SMILES string of the molecule is CCOC(=O)C1=C(c2ccco2)OC(Cc2ccc(C)cc2)C1. The highest BCUT2D eigenvalue weighted by Crippen LogP contribution is 2.35. The number of aryl methyl sites for hydroxylation is 1. The van der Waals surface area contributed by atoms with Gasteiger partial charge in [0.15, 0.2) is 11.5 Å². The van der Waals surface area contributed by atoms with E-state index in [1.165, 1.54) is 11.1 Å². The van der Waals surface area contributed by atoms with Crippen molar-refractivity contribution in [2.24, 2.45) is 0 Å². The molecule has 0 N–H and O–H groups in total. The van der Waals surface area contributed by atoms with E-state index >= 15 is 0 Å². The molecule has 0 amide bonds. The van der Waals surface area contributed by atoms with Crippen molar-refractivity contribution < 1.29 is 18.7 Å². The Labute approximate surface area is 135 Å². The molecule has 1 aromatic heterocycles. The highest BCUT2D eigenvalue weighted by atomic mass is 16.5. The Balaban J connectivity index is 1.78. The van der Waals surface area contributed by atoms with Gasteiger partial charge in [-0.05, 0) is 31.5 Å². The van der Waals surface area contributed by atoms with Gasteiger partial charge in [-0.25, -0.2) is 4.79 Å². The molecular formula is C19H20O4. The second kappa shape index (κ2) is 6.73. The molecule has 4 heteroatoms. The number of ether oxygens (including phenoxy) is 2. The number of hydrogen-bond acceptors (Lipinski definition) is 4. The molecule has 1 aromatic carbocycles. The zero-order valence-electron chi connectivity index (χ0n) is 13.4. The maximum atomic E-state index is 12.2. The average Bonchev–Trinajstić information content (AvgIpc) is 3.19. The molecule has 0 saturated carbocycles. The van der Waals surface area contributed by atoms with Crippen molar-refractivity contribution in [2.45, 2.75) is 32.8 Å². The van der Waals surface area contributed by atoms with E-state index < -0.39 is 0 Å². The van der Waals surface area contributed by atoms with Crippen molar-refractivity contribution in [3.05, 3.63) is 65.1 Å². The molecular weight excluding hydrogens is 292 g/mol. The predicted molar refractivity (Wildman–Crippen MR) is 86.6 cm³/mol. The van der Waals surface area contributed by atoms with Crippen molar-refractivity contribution in [2.75, 3.05) is 6.61 Å². The normalized spacial score (nSPS) is 17.2. The van der Waals surface area contributed by atoms with Crippen LogP contribution in [0.4, 0.5) is 0 Å². The number of rotatable bonds is 5. The number of carbonyl (C=O) groups is 1. The Morgan fingerprint density at radius 3 is 2.70 bits per heavy atom. The van der Waals surface area contributed by atoms with E-state index in [0.29, 0.717) is 30.1 Å². The Kier molecular flexibility index (Phi) is 4.51. The van der Waals surface area contributed by atoms with Gasteiger partial charge in [-0.1, -0.05) is 29.8 Å². The van der Waals surface area contributed by atoms with E-state index in [-0.39, 0.29) is 12.1 Å². The van der Waals surface area contributed by atoms with Crippen LogP contribution in [0.15, 0.2) is 52.7 Å². The zero-order valence-corrected chi connectivity index (χ0v) is 13.4. The van der Waals surface area contributed by atoms with Crippen LogP contribution in [0.25, 0.3) is 5.76 Å². The molecule has 1 aliphatic heterocycles. The number of furan rings is 1. The molecule has 2 heterocycles. The number of hydrogen-bond donors (Lipinski definition) is 0. The van der Waals surface area contributed by atoms with Crippen molar-refractivity contribution in [3.63, 3.8) is 0 Å². The minimum absolute atomic E-state index is 0.0859. The monoisotopic (exact) mass is 312 g/mol. The van der Waals surface area contributed by atoms with Gasteiger partial charge in [0.25, 0.3) is 0 Å². The number of esters is 1. The Morgan fingerprint density at radius 1 is 1.26 bits per heavy atom. The lowest BCUT2D eigenvalue weighted by Gasteiger charge is -2.12. The van der Waals surface area contributed by atoms with Gasteiger partial charge >= 0.3 is 5.97 Å². The van der Waals surface area contributed by atoms with Crippen molar-refractivity contribution in [1.82, 2.24) is 0 Å². The van der Waals surface area contributed by atoms with Gasteiger partial charge in [0.2, 0.25) is 0 Å². The first-order valence-corrected chi connectivity index (χ1v) is 7.83. The summed E-state index contributed by atoms with van der Waals surface area (Å²) < 4.78 is 16.6. The van der Waals surface area contributed by atoms with E-state index in [1.54, 1.807) is 25.3 Å². The first-order chi connectivity index (χ1) is 11.2. The first-order valence-electron chi connectivity index (χ1n) is 7.83. The summed E-state index contributed by atoms with van der Waals surface area (Å²) in [7, 11) is 0. The second-order valence-corrected chi connectivity index (χ2v) is 5.64. The molecule has 120 valence electrons. The van der Waals surface area contributed by atoms with Crippen LogP contribution in [0.5, 0.6) is 0 Å². The van der Waals surface area contributed by atoms with E-state index in [1.807, 2.05) is 0 Å². The van der Waals surface area contributed by atoms with E-state index in [4.69, 9.17) is 13.9 Å². The van der Waals surface area contributed by atoms with E-state index in [2.05, 4.69) is 31.2 Å². The van der Waals surface area contributed by atoms with Gasteiger partial charge < -0.3 is 13.9 Å². The fraction of sp³-hybridized carbons (Fsp3) is 0.316. The maximum Gasteiger partial charge on any atom is 0.338 e. The number of carbonyl (C=O) groups excluding carboxylic acids is 1. The largest absolute Gasteiger partial charge is 0.485 e. The molecule has 0 aliphatic carbocycles. The Bertz CT molecular complexity index is 695. The Hall–Kier alpha value is -2.49. The van der Waals surface area contributed by atoms with Gasteiger partial charge in [-0.15, -0.1) is 0 Å². The van der Waals surface area contributed by atoms with Gasteiger partial charge in [-0.2, -0.15) is 0 Å². The molecule has 1 atom stereocenters. The zero-order chi connectivity index (χ0) is 16.2. The third kappa shape index (κ3) is 3.47. The smallest absolute Gasteiger partial charge is 0.338 e. The standard InChI is InChI=1S/C19H20O4/c1-3-21-19(20)16-12-15(11-14-8-6-13(2)7-9-14)23-18(16)17-5-4-10-22-17/h4-10,15H,3,11-12H2,1-2H3. The molecule has 1 aliphatic rings. The Morgan fingerprint density at radius 2 is 2.04 bits per heavy atom. The van der Waals surface area contributed by atoms with Crippen LogP contribution in [0.3, 0.4) is 0 Å². The summed E-state index contributed by atoms with van der Waals surface area (Å²) in [4.78, 5) is 12.2. The maximum absolute atomic E-state index is 12.2. The molecule has 0 spiro atoms. The molecule has 3 rings (SSSR count). The van der Waals surface area contributed by atoms with Gasteiger partial charge in [0.05, 0.1) is 18.4 Å². The molecule has 1 unspecified atom stereocenters. The lowest BCUT2D eigenvalue weighted by Crippen LogP contribution is -2.12. The molecule has 0 saturated heterocycles. The third-order valence-corrected chi connectivity index (χ3v) is 3.84. The molecule has 2 aromatic rings. The van der Waals surface area contributed by atoms with Crippen molar-refractivity contribution in [1.29, 1.82) is 0 Å². The highest BCUT2D eigenvalue weighted by molar-refractivity contribution is 5.96. The topological polar surface area (TPSA) is 48.7 Å². The number of benzene rings is 1. The van der Waals surface area contributed by atoms with E-state index in [9.17, 15) is 4.79 Å². The van der Waals surface area contributed by atoms with Gasteiger partial charge in [0, 0.05) is 12.8 Å². The summed E-state index contributed by atoms with van der Waals surface area (Å²) >= 11 is 0.